The maximum Gasteiger partial charge on any atom is 0.309 e. The van der Waals surface area contributed by atoms with E-state index in [2.05, 4.69) is 0 Å². The highest BCUT2D eigenvalue weighted by molar-refractivity contribution is 5.98. The molecule has 0 radical (unpaired) electrons. The van der Waals surface area contributed by atoms with Crippen molar-refractivity contribution in [1.29, 1.82) is 0 Å². The van der Waals surface area contributed by atoms with Gasteiger partial charge in [-0.05, 0) is 23.9 Å². The van der Waals surface area contributed by atoms with Gasteiger partial charge in [0.15, 0.2) is 0 Å². The third-order valence-corrected chi connectivity index (χ3v) is 2.88. The average molecular weight is 255 g/mol. The lowest BCUT2D eigenvalue weighted by Crippen LogP contribution is -2.01. The van der Waals surface area contributed by atoms with Gasteiger partial charge in [0.25, 0.3) is 0 Å². The van der Waals surface area contributed by atoms with Gasteiger partial charge in [-0.3, -0.25) is 4.79 Å². The highest BCUT2D eigenvalue weighted by Crippen LogP contribution is 2.25. The fourth-order valence-electron chi connectivity index (χ4n) is 1.99. The summed E-state index contributed by atoms with van der Waals surface area (Å²) in [7, 11) is 0. The fourth-order valence-corrected chi connectivity index (χ4v) is 1.99. The first kappa shape index (κ1) is 13.1. The zero-order valence-corrected chi connectivity index (χ0v) is 10.9. The van der Waals surface area contributed by atoms with Crippen molar-refractivity contribution in [3.8, 4) is 0 Å². The molecule has 0 aliphatic carbocycles. The summed E-state index contributed by atoms with van der Waals surface area (Å²) < 4.78 is 4.88. The van der Waals surface area contributed by atoms with Crippen molar-refractivity contribution in [3.63, 3.8) is 0 Å². The first-order valence-corrected chi connectivity index (χ1v) is 6.31. The van der Waals surface area contributed by atoms with E-state index in [1.807, 2.05) is 48.6 Å². The SMILES string of the molecule is CCOC(=O)CC=Cc1ccc(N)c2ccccc12. The minimum atomic E-state index is -0.210. The van der Waals surface area contributed by atoms with E-state index in [-0.39, 0.29) is 12.4 Å². The number of benzene rings is 2. The number of carbonyl (C=O) groups is 1. The molecule has 3 heteroatoms. The number of carbonyl (C=O) groups excluding carboxylic acids is 1. The van der Waals surface area contributed by atoms with Crippen LogP contribution < -0.4 is 5.73 Å². The van der Waals surface area contributed by atoms with E-state index < -0.39 is 0 Å². The van der Waals surface area contributed by atoms with E-state index in [1.165, 1.54) is 0 Å². The topological polar surface area (TPSA) is 52.3 Å². The van der Waals surface area contributed by atoms with Gasteiger partial charge in [0, 0.05) is 11.1 Å². The van der Waals surface area contributed by atoms with E-state index in [0.717, 1.165) is 22.0 Å². The number of hydrogen-bond acceptors (Lipinski definition) is 3. The molecule has 0 aliphatic rings. The Labute approximate surface area is 112 Å². The Kier molecular flexibility index (Phi) is 4.18. The minimum absolute atomic E-state index is 0.210. The number of fused-ring (bicyclic) bond motifs is 1. The van der Waals surface area contributed by atoms with Crippen molar-refractivity contribution in [2.75, 3.05) is 12.3 Å². The molecule has 0 heterocycles. The summed E-state index contributed by atoms with van der Waals surface area (Å²) in [5, 5.41) is 2.11. The van der Waals surface area contributed by atoms with Crippen molar-refractivity contribution in [3.05, 3.63) is 48.0 Å². The second kappa shape index (κ2) is 6.05. The van der Waals surface area contributed by atoms with Crippen LogP contribution in [-0.2, 0) is 9.53 Å². The summed E-state index contributed by atoms with van der Waals surface area (Å²) in [5.74, 6) is -0.210. The second-order valence-corrected chi connectivity index (χ2v) is 4.20. The molecule has 0 unspecified atom stereocenters. The van der Waals surface area contributed by atoms with Crippen LogP contribution in [0.2, 0.25) is 0 Å². The van der Waals surface area contributed by atoms with E-state index >= 15 is 0 Å². The zero-order valence-electron chi connectivity index (χ0n) is 10.9. The van der Waals surface area contributed by atoms with Crippen molar-refractivity contribution >= 4 is 28.5 Å². The molecule has 0 spiro atoms. The number of ether oxygens (including phenoxy) is 1. The molecule has 98 valence electrons. The molecule has 0 aromatic heterocycles. The third kappa shape index (κ3) is 3.13. The molecule has 0 bridgehead atoms. The Morgan fingerprint density at radius 3 is 2.68 bits per heavy atom. The van der Waals surface area contributed by atoms with Gasteiger partial charge in [0.05, 0.1) is 13.0 Å². The fraction of sp³-hybridized carbons (Fsp3) is 0.188. The average Bonchev–Trinajstić information content (AvgIpc) is 2.42. The largest absolute Gasteiger partial charge is 0.466 e. The summed E-state index contributed by atoms with van der Waals surface area (Å²) in [4.78, 5) is 11.3. The molecule has 2 rings (SSSR count). The molecule has 2 aromatic rings. The summed E-state index contributed by atoms with van der Waals surface area (Å²) in [5.41, 5.74) is 7.76. The zero-order chi connectivity index (χ0) is 13.7. The monoisotopic (exact) mass is 255 g/mol. The molecule has 0 saturated heterocycles. The Morgan fingerprint density at radius 1 is 1.21 bits per heavy atom. The summed E-state index contributed by atoms with van der Waals surface area (Å²) in [6, 6.07) is 11.8. The Bertz CT molecular complexity index is 617. The lowest BCUT2D eigenvalue weighted by Gasteiger charge is -2.05. The Morgan fingerprint density at radius 2 is 1.95 bits per heavy atom. The first-order valence-electron chi connectivity index (χ1n) is 6.31. The molecule has 2 N–H and O–H groups in total. The van der Waals surface area contributed by atoms with E-state index in [4.69, 9.17) is 10.5 Å². The normalized spacial score (nSPS) is 11.0. The van der Waals surface area contributed by atoms with Gasteiger partial charge < -0.3 is 10.5 Å². The summed E-state index contributed by atoms with van der Waals surface area (Å²) in [6.07, 6.45) is 4.03. The highest BCUT2D eigenvalue weighted by atomic mass is 16.5. The molecule has 0 atom stereocenters. The van der Waals surface area contributed by atoms with Crippen LogP contribution in [-0.4, -0.2) is 12.6 Å². The van der Waals surface area contributed by atoms with Crippen molar-refractivity contribution in [2.45, 2.75) is 13.3 Å². The minimum Gasteiger partial charge on any atom is -0.466 e. The summed E-state index contributed by atoms with van der Waals surface area (Å²) in [6.45, 7) is 2.21. The third-order valence-electron chi connectivity index (χ3n) is 2.88. The van der Waals surface area contributed by atoms with E-state index in [0.29, 0.717) is 6.61 Å². The number of hydrogen-bond donors (Lipinski definition) is 1. The molecule has 3 nitrogen and oxygen atoms in total. The maximum atomic E-state index is 11.3. The van der Waals surface area contributed by atoms with Gasteiger partial charge in [0.1, 0.15) is 0 Å². The van der Waals surface area contributed by atoms with Crippen molar-refractivity contribution in [1.82, 2.24) is 0 Å². The van der Waals surface area contributed by atoms with Crippen LogP contribution >= 0.6 is 0 Å². The van der Waals surface area contributed by atoms with Gasteiger partial charge >= 0.3 is 5.97 Å². The quantitative estimate of drug-likeness (QED) is 0.673. The molecular weight excluding hydrogens is 238 g/mol. The molecule has 0 fully saturated rings. The van der Waals surface area contributed by atoms with E-state index in [9.17, 15) is 4.79 Å². The van der Waals surface area contributed by atoms with Gasteiger partial charge in [-0.1, -0.05) is 42.5 Å². The van der Waals surface area contributed by atoms with Crippen LogP contribution in [0.3, 0.4) is 0 Å². The smallest absolute Gasteiger partial charge is 0.309 e. The highest BCUT2D eigenvalue weighted by Gasteiger charge is 2.01. The van der Waals surface area contributed by atoms with Gasteiger partial charge in [-0.25, -0.2) is 0 Å². The van der Waals surface area contributed by atoms with Crippen LogP contribution in [0.4, 0.5) is 5.69 Å². The first-order chi connectivity index (χ1) is 9.22. The van der Waals surface area contributed by atoms with Crippen molar-refractivity contribution in [2.24, 2.45) is 0 Å². The van der Waals surface area contributed by atoms with Crippen LogP contribution in [0.25, 0.3) is 16.8 Å². The van der Waals surface area contributed by atoms with Crippen molar-refractivity contribution < 1.29 is 9.53 Å². The van der Waals surface area contributed by atoms with Gasteiger partial charge in [-0.2, -0.15) is 0 Å². The lowest BCUT2D eigenvalue weighted by atomic mass is 10.0. The predicted octanol–water partition coefficient (Wildman–Crippen LogP) is 3.39. The van der Waals surface area contributed by atoms with Gasteiger partial charge in [0.2, 0.25) is 0 Å². The van der Waals surface area contributed by atoms with Crippen LogP contribution in [0.5, 0.6) is 0 Å². The predicted molar refractivity (Wildman–Crippen MR) is 78.6 cm³/mol. The molecule has 0 saturated carbocycles. The van der Waals surface area contributed by atoms with E-state index in [1.54, 1.807) is 6.92 Å². The lowest BCUT2D eigenvalue weighted by molar-refractivity contribution is -0.142. The van der Waals surface area contributed by atoms with Crippen LogP contribution in [0.1, 0.15) is 18.9 Å². The molecular formula is C16H17NO2. The second-order valence-electron chi connectivity index (χ2n) is 4.20. The Hall–Kier alpha value is -2.29. The number of anilines is 1. The van der Waals surface area contributed by atoms with Gasteiger partial charge in [-0.15, -0.1) is 0 Å². The Balaban J connectivity index is 2.24. The molecule has 0 aliphatic heterocycles. The number of rotatable bonds is 4. The number of nitrogens with two attached hydrogens (primary N) is 1. The summed E-state index contributed by atoms with van der Waals surface area (Å²) >= 11 is 0. The number of esters is 1. The standard InChI is InChI=1S/C16H17NO2/c1-2-19-16(18)9-5-6-12-10-11-15(17)14-8-4-3-7-13(12)14/h3-8,10-11H,2,9,17H2,1H3. The molecule has 19 heavy (non-hydrogen) atoms. The van der Waals surface area contributed by atoms with Crippen LogP contribution in [0, 0.1) is 0 Å². The van der Waals surface area contributed by atoms with Crippen LogP contribution in [0.15, 0.2) is 42.5 Å². The molecule has 0 amide bonds. The molecule has 2 aromatic carbocycles. The maximum absolute atomic E-state index is 11.3. The number of nitrogen functional groups attached to an aromatic ring is 1.